The van der Waals surface area contributed by atoms with Gasteiger partial charge in [-0.2, -0.15) is 16.3 Å². The van der Waals surface area contributed by atoms with Crippen LogP contribution in [0.5, 0.6) is 0 Å². The van der Waals surface area contributed by atoms with Crippen LogP contribution in [0.25, 0.3) is 0 Å². The first kappa shape index (κ1) is 15.4. The Kier molecular flexibility index (Phi) is 4.84. The molecule has 1 atom stereocenters. The minimum absolute atomic E-state index is 0.0476. The molecule has 0 saturated carbocycles. The normalized spacial score (nSPS) is 12.2. The molecular formula is C15H17N5O2S. The second-order valence-corrected chi connectivity index (χ2v) is 5.77. The van der Waals surface area contributed by atoms with Crippen LogP contribution in [0.2, 0.25) is 0 Å². The Morgan fingerprint density at radius 2 is 2.30 bits per heavy atom. The molecule has 0 radical (unpaired) electrons. The monoisotopic (exact) mass is 331 g/mol. The third kappa shape index (κ3) is 3.85. The van der Waals surface area contributed by atoms with Crippen molar-refractivity contribution in [2.45, 2.75) is 19.1 Å². The fourth-order valence-corrected chi connectivity index (χ4v) is 3.03. The van der Waals surface area contributed by atoms with E-state index in [1.165, 1.54) is 0 Å². The van der Waals surface area contributed by atoms with E-state index in [0.717, 1.165) is 5.56 Å². The van der Waals surface area contributed by atoms with Crippen LogP contribution in [0.4, 0.5) is 5.95 Å². The zero-order valence-corrected chi connectivity index (χ0v) is 13.4. The Labute approximate surface area is 137 Å². The van der Waals surface area contributed by atoms with Gasteiger partial charge in [0.25, 0.3) is 0 Å². The van der Waals surface area contributed by atoms with Gasteiger partial charge in [0, 0.05) is 19.5 Å². The number of aromatic amines is 1. The van der Waals surface area contributed by atoms with E-state index in [2.05, 4.69) is 25.9 Å². The summed E-state index contributed by atoms with van der Waals surface area (Å²) in [6.45, 7) is 0.323. The first-order chi connectivity index (χ1) is 11.3. The van der Waals surface area contributed by atoms with Crippen LogP contribution in [0, 0.1) is 0 Å². The number of anilines is 1. The van der Waals surface area contributed by atoms with Crippen molar-refractivity contribution in [3.63, 3.8) is 0 Å². The summed E-state index contributed by atoms with van der Waals surface area (Å²) in [5, 5.41) is 13.5. The number of nitrogens with zero attached hydrogens (tertiary/aromatic N) is 3. The number of thiophene rings is 1. The van der Waals surface area contributed by atoms with E-state index in [1.54, 1.807) is 18.4 Å². The first-order valence-corrected chi connectivity index (χ1v) is 8.05. The topological polar surface area (TPSA) is 84.8 Å². The summed E-state index contributed by atoms with van der Waals surface area (Å²) in [7, 11) is 1.57. The SMILES string of the molecule is COCc1nc(NC(=O)CC(c2ccsc2)n2cccc2)n[nH]1. The first-order valence-electron chi connectivity index (χ1n) is 7.11. The number of carbonyl (C=O) groups is 1. The molecule has 1 amide bonds. The quantitative estimate of drug-likeness (QED) is 0.696. The van der Waals surface area contributed by atoms with Gasteiger partial charge < -0.3 is 9.30 Å². The van der Waals surface area contributed by atoms with E-state index in [0.29, 0.717) is 18.9 Å². The second-order valence-electron chi connectivity index (χ2n) is 4.99. The van der Waals surface area contributed by atoms with Crippen LogP contribution < -0.4 is 5.32 Å². The van der Waals surface area contributed by atoms with Crippen molar-refractivity contribution in [1.29, 1.82) is 0 Å². The molecule has 0 aliphatic heterocycles. The minimum atomic E-state index is -0.141. The standard InChI is InChI=1S/C15H17N5O2S/c1-22-9-13-16-15(19-18-13)17-14(21)8-12(11-4-7-23-10-11)20-5-2-3-6-20/h2-7,10,12H,8-9H2,1H3,(H2,16,17,18,19,21). The number of nitrogens with one attached hydrogen (secondary N) is 2. The molecule has 3 heterocycles. The van der Waals surface area contributed by atoms with Gasteiger partial charge in [-0.3, -0.25) is 15.2 Å². The van der Waals surface area contributed by atoms with E-state index < -0.39 is 0 Å². The molecule has 23 heavy (non-hydrogen) atoms. The van der Waals surface area contributed by atoms with Crippen molar-refractivity contribution >= 4 is 23.2 Å². The van der Waals surface area contributed by atoms with E-state index >= 15 is 0 Å². The molecule has 0 aliphatic carbocycles. The lowest BCUT2D eigenvalue weighted by Crippen LogP contribution is -2.19. The van der Waals surface area contributed by atoms with Crippen LogP contribution in [0.3, 0.4) is 0 Å². The van der Waals surface area contributed by atoms with Gasteiger partial charge in [-0.1, -0.05) is 0 Å². The Morgan fingerprint density at radius 3 is 3.00 bits per heavy atom. The zero-order valence-electron chi connectivity index (χ0n) is 12.6. The van der Waals surface area contributed by atoms with Gasteiger partial charge in [0.05, 0.1) is 12.5 Å². The lowest BCUT2D eigenvalue weighted by molar-refractivity contribution is -0.116. The molecule has 0 fully saturated rings. The molecule has 3 rings (SSSR count). The second kappa shape index (κ2) is 7.21. The number of carbonyl (C=O) groups excluding carboxylic acids is 1. The molecule has 120 valence electrons. The number of ether oxygens (including phenoxy) is 1. The maximum absolute atomic E-state index is 12.3. The molecule has 0 aliphatic rings. The maximum Gasteiger partial charge on any atom is 0.248 e. The van der Waals surface area contributed by atoms with Gasteiger partial charge in [0.15, 0.2) is 5.82 Å². The molecular weight excluding hydrogens is 314 g/mol. The van der Waals surface area contributed by atoms with E-state index in [-0.39, 0.29) is 17.9 Å². The number of aromatic nitrogens is 4. The highest BCUT2D eigenvalue weighted by atomic mass is 32.1. The summed E-state index contributed by atoms with van der Waals surface area (Å²) >= 11 is 1.62. The van der Waals surface area contributed by atoms with E-state index in [4.69, 9.17) is 4.74 Å². The molecule has 0 spiro atoms. The highest BCUT2D eigenvalue weighted by molar-refractivity contribution is 7.08. The Bertz CT molecular complexity index is 702. The molecule has 7 nitrogen and oxygen atoms in total. The van der Waals surface area contributed by atoms with Crippen LogP contribution in [-0.2, 0) is 16.1 Å². The van der Waals surface area contributed by atoms with Gasteiger partial charge in [0.2, 0.25) is 11.9 Å². The Balaban J connectivity index is 1.68. The predicted octanol–water partition coefficient (Wildman–Crippen LogP) is 2.43. The summed E-state index contributed by atoms with van der Waals surface area (Å²) in [5.74, 6) is 0.694. The number of amides is 1. The average Bonchev–Trinajstić information content (AvgIpc) is 3.28. The van der Waals surface area contributed by atoms with Gasteiger partial charge in [-0.25, -0.2) is 0 Å². The molecule has 3 aromatic heterocycles. The zero-order chi connectivity index (χ0) is 16.1. The highest BCUT2D eigenvalue weighted by Crippen LogP contribution is 2.24. The molecule has 2 N–H and O–H groups in total. The van der Waals surface area contributed by atoms with Crippen molar-refractivity contribution in [2.75, 3.05) is 12.4 Å². The molecule has 3 aromatic rings. The Hall–Kier alpha value is -2.45. The van der Waals surface area contributed by atoms with Crippen LogP contribution >= 0.6 is 11.3 Å². The van der Waals surface area contributed by atoms with Crippen molar-refractivity contribution in [1.82, 2.24) is 19.7 Å². The van der Waals surface area contributed by atoms with E-state index in [1.807, 2.05) is 40.5 Å². The van der Waals surface area contributed by atoms with E-state index in [9.17, 15) is 4.79 Å². The van der Waals surface area contributed by atoms with Crippen molar-refractivity contribution in [3.05, 3.63) is 52.7 Å². The lowest BCUT2D eigenvalue weighted by Gasteiger charge is -2.17. The number of hydrogen-bond acceptors (Lipinski definition) is 5. The number of H-pyrrole nitrogens is 1. The number of methoxy groups -OCH3 is 1. The Morgan fingerprint density at radius 1 is 1.48 bits per heavy atom. The molecule has 1 unspecified atom stereocenters. The average molecular weight is 331 g/mol. The fourth-order valence-electron chi connectivity index (χ4n) is 2.32. The number of rotatable bonds is 7. The van der Waals surface area contributed by atoms with Crippen LogP contribution in [0.1, 0.15) is 23.9 Å². The van der Waals surface area contributed by atoms with Gasteiger partial charge >= 0.3 is 0 Å². The van der Waals surface area contributed by atoms with Gasteiger partial charge in [0.1, 0.15) is 6.61 Å². The van der Waals surface area contributed by atoms with Crippen molar-refractivity contribution in [2.24, 2.45) is 0 Å². The molecule has 0 bridgehead atoms. The smallest absolute Gasteiger partial charge is 0.248 e. The minimum Gasteiger partial charge on any atom is -0.377 e. The number of hydrogen-bond donors (Lipinski definition) is 2. The predicted molar refractivity (Wildman–Crippen MR) is 87.2 cm³/mol. The van der Waals surface area contributed by atoms with Gasteiger partial charge in [-0.15, -0.1) is 5.10 Å². The molecule has 0 aromatic carbocycles. The van der Waals surface area contributed by atoms with Crippen LogP contribution in [-0.4, -0.2) is 32.8 Å². The molecule has 8 heteroatoms. The fraction of sp³-hybridized carbons (Fsp3) is 0.267. The third-order valence-corrected chi connectivity index (χ3v) is 4.06. The summed E-state index contributed by atoms with van der Waals surface area (Å²) in [6, 6.07) is 5.88. The summed E-state index contributed by atoms with van der Waals surface area (Å²) in [4.78, 5) is 16.5. The summed E-state index contributed by atoms with van der Waals surface area (Å²) in [5.41, 5.74) is 1.11. The van der Waals surface area contributed by atoms with Gasteiger partial charge in [-0.05, 0) is 34.5 Å². The third-order valence-electron chi connectivity index (χ3n) is 3.36. The highest BCUT2D eigenvalue weighted by Gasteiger charge is 2.18. The largest absolute Gasteiger partial charge is 0.377 e. The lowest BCUT2D eigenvalue weighted by atomic mass is 10.1. The van der Waals surface area contributed by atoms with Crippen LogP contribution in [0.15, 0.2) is 41.4 Å². The van der Waals surface area contributed by atoms with Crippen molar-refractivity contribution in [3.8, 4) is 0 Å². The molecule has 0 saturated heterocycles. The summed E-state index contributed by atoms with van der Waals surface area (Å²) < 4.78 is 6.98. The summed E-state index contributed by atoms with van der Waals surface area (Å²) in [6.07, 6.45) is 4.22. The van der Waals surface area contributed by atoms with Crippen molar-refractivity contribution < 1.29 is 9.53 Å². The maximum atomic E-state index is 12.3.